The molecule has 0 atom stereocenters. The standard InChI is InChI=1S/C26H30.C22H22.C16H25BO2.C16H17Br.C12H9Br.C6H4Br2.Pd/c1-25(2,3)23-15-11-21(12-16-23)19-7-9-20(10-8-19)22-13-17-24(18-14-22)26(4,5)6;1-22(2,3)21-15-13-20(14-16-21)19-11-9-18(10-12-19)17-7-5-4-6-8-17;1-14(2,3)12-8-10-13(11-9-12)17-18-15(4,5)16(6,7)19-17;1-16(2,3)14-8-4-12(5-9-14)13-6-10-15(17)11-7-13;13-12-8-6-11(7-9-12)10-4-2-1-3-5-10;7-5-1-2-6(8)4-3-5;/h7-18H,1-6H3;4-16H,1-3H3;8-11H,1-7H3;4-11H,1-3H3;1-9H;1-4H;. The van der Waals surface area contributed by atoms with Gasteiger partial charge in [-0.3, -0.25) is 0 Å². The second-order valence-corrected chi connectivity index (χ2v) is 36.8. The Balaban J connectivity index is 0.000000182. The Labute approximate surface area is 685 Å². The van der Waals surface area contributed by atoms with Gasteiger partial charge in [0.05, 0.1) is 11.2 Å². The molecule has 0 aromatic heterocycles. The predicted octanol–water partition coefficient (Wildman–Crippen LogP) is 30.0. The van der Waals surface area contributed by atoms with Crippen molar-refractivity contribution in [2.45, 2.75) is 170 Å². The summed E-state index contributed by atoms with van der Waals surface area (Å²) in [7, 11) is -0.265. The Kier molecular flexibility index (Phi) is 31.0. The molecule has 13 rings (SSSR count). The van der Waals surface area contributed by atoms with Gasteiger partial charge in [-0.25, -0.2) is 0 Å². The Hall–Kier alpha value is -6.79. The molecule has 8 heteroatoms. The molecule has 0 spiro atoms. The van der Waals surface area contributed by atoms with Crippen molar-refractivity contribution in [3.63, 3.8) is 0 Å². The Bertz CT molecular complexity index is 4470. The van der Waals surface area contributed by atoms with Gasteiger partial charge in [-0.05, 0) is 203 Å². The molecule has 0 saturated carbocycles. The van der Waals surface area contributed by atoms with E-state index in [1.54, 1.807) is 0 Å². The summed E-state index contributed by atoms with van der Waals surface area (Å²) >= 11 is 13.5. The van der Waals surface area contributed by atoms with Gasteiger partial charge in [0.25, 0.3) is 0 Å². The Morgan fingerprint density at radius 2 is 0.349 bits per heavy atom. The van der Waals surface area contributed by atoms with Crippen molar-refractivity contribution in [2.24, 2.45) is 0 Å². The number of hydrogen-bond acceptors (Lipinski definition) is 2. The minimum absolute atomic E-state index is 0. The zero-order valence-electron chi connectivity index (χ0n) is 65.6. The second-order valence-electron chi connectivity index (χ2n) is 33.1. The maximum atomic E-state index is 6.05. The molecule has 2 nitrogen and oxygen atoms in total. The molecule has 106 heavy (non-hydrogen) atoms. The monoisotopic (exact) mass is 1750 g/mol. The van der Waals surface area contributed by atoms with Crippen molar-refractivity contribution in [2.75, 3.05) is 0 Å². The van der Waals surface area contributed by atoms with E-state index in [4.69, 9.17) is 9.31 Å². The summed E-state index contributed by atoms with van der Waals surface area (Å²) in [6.45, 7) is 41.9. The van der Waals surface area contributed by atoms with E-state index in [-0.39, 0.29) is 65.8 Å². The molecule has 1 aliphatic rings. The molecule has 0 unspecified atom stereocenters. The number of hydrogen-bond donors (Lipinski definition) is 0. The maximum Gasteiger partial charge on any atom is 0.494 e. The SMILES string of the molecule is Brc1ccc(-c2ccccc2)cc1.Brc1ccc(Br)cc1.CC(C)(C)c1ccc(-c2ccc(-c3ccc(C(C)(C)C)cc3)cc2)cc1.CC(C)(C)c1ccc(-c2ccc(-c3ccccc3)cc2)cc1.CC(C)(C)c1ccc(-c2ccc(Br)cc2)cc1.CC(C)(C)c1ccc(B2OC(C)(C)C(C)(C)O2)cc1.[Pd]. The zero-order valence-corrected chi connectivity index (χ0v) is 73.5. The normalized spacial score (nSPS) is 13.0. The summed E-state index contributed by atoms with van der Waals surface area (Å²) in [5, 5.41) is 0. The molecule has 0 aliphatic carbocycles. The summed E-state index contributed by atoms with van der Waals surface area (Å²) < 4.78 is 16.6. The van der Waals surface area contributed by atoms with Gasteiger partial charge in [-0.15, -0.1) is 0 Å². The van der Waals surface area contributed by atoms with Crippen LogP contribution in [0.3, 0.4) is 0 Å². The first-order valence-electron chi connectivity index (χ1n) is 36.5. The molecule has 0 amide bonds. The molecular formula is C98H107BBr4O2Pd. The Morgan fingerprint density at radius 1 is 0.208 bits per heavy atom. The van der Waals surface area contributed by atoms with Crippen LogP contribution in [0.2, 0.25) is 0 Å². The van der Waals surface area contributed by atoms with E-state index in [0.717, 1.165) is 23.4 Å². The van der Waals surface area contributed by atoms with Crippen molar-refractivity contribution >= 4 is 76.3 Å². The van der Waals surface area contributed by atoms with Crippen molar-refractivity contribution in [3.8, 4) is 66.8 Å². The zero-order chi connectivity index (χ0) is 76.5. The fourth-order valence-corrected chi connectivity index (χ4v) is 12.5. The van der Waals surface area contributed by atoms with Gasteiger partial charge in [-0.2, -0.15) is 0 Å². The van der Waals surface area contributed by atoms with Crippen LogP contribution in [0.25, 0.3) is 66.8 Å². The number of benzene rings is 12. The largest absolute Gasteiger partial charge is 0.494 e. The van der Waals surface area contributed by atoms with Crippen LogP contribution in [0.4, 0.5) is 0 Å². The van der Waals surface area contributed by atoms with Gasteiger partial charge >= 0.3 is 7.12 Å². The van der Waals surface area contributed by atoms with Crippen LogP contribution in [0, 0.1) is 0 Å². The fourth-order valence-electron chi connectivity index (χ4n) is 11.5. The smallest absolute Gasteiger partial charge is 0.399 e. The molecule has 1 fully saturated rings. The summed E-state index contributed by atoms with van der Waals surface area (Å²) in [5.74, 6) is 0. The third-order valence-corrected chi connectivity index (χ3v) is 21.2. The maximum absolute atomic E-state index is 6.05. The molecule has 1 heterocycles. The molecule has 12 aromatic rings. The van der Waals surface area contributed by atoms with Crippen molar-refractivity contribution in [1.29, 1.82) is 0 Å². The van der Waals surface area contributed by atoms with Gasteiger partial charge in [0.1, 0.15) is 0 Å². The van der Waals surface area contributed by atoms with Crippen molar-refractivity contribution in [3.05, 3.63) is 349 Å². The van der Waals surface area contributed by atoms with Crippen LogP contribution in [0.5, 0.6) is 0 Å². The van der Waals surface area contributed by atoms with Crippen LogP contribution in [0.15, 0.2) is 321 Å². The molecule has 0 N–H and O–H groups in total. The van der Waals surface area contributed by atoms with E-state index in [1.165, 1.54) is 94.6 Å². The molecule has 1 saturated heterocycles. The Morgan fingerprint density at radius 3 is 0.528 bits per heavy atom. The van der Waals surface area contributed by atoms with Gasteiger partial charge in [0.15, 0.2) is 0 Å². The van der Waals surface area contributed by atoms with E-state index in [2.05, 4.69) is 468 Å². The molecule has 0 radical (unpaired) electrons. The first-order valence-corrected chi connectivity index (χ1v) is 39.6. The first kappa shape index (κ1) is 86.4. The van der Waals surface area contributed by atoms with E-state index in [9.17, 15) is 0 Å². The van der Waals surface area contributed by atoms with E-state index in [0.29, 0.717) is 0 Å². The van der Waals surface area contributed by atoms with E-state index in [1.807, 2.05) is 30.3 Å². The first-order chi connectivity index (χ1) is 49.3. The topological polar surface area (TPSA) is 18.5 Å². The average molecular weight is 1750 g/mol. The molecule has 1 aliphatic heterocycles. The molecule has 12 aromatic carbocycles. The molecule has 0 bridgehead atoms. The summed E-state index contributed by atoms with van der Waals surface area (Å²) in [4.78, 5) is 0. The predicted molar refractivity (Wildman–Crippen MR) is 471 cm³/mol. The van der Waals surface area contributed by atoms with Crippen molar-refractivity contribution < 1.29 is 29.7 Å². The third-order valence-electron chi connectivity index (χ3n) is 19.1. The quantitative estimate of drug-likeness (QED) is 0.148. The number of rotatable bonds is 7. The van der Waals surface area contributed by atoms with Crippen molar-refractivity contribution in [1.82, 2.24) is 0 Å². The van der Waals surface area contributed by atoms with Gasteiger partial charge in [0.2, 0.25) is 0 Å². The van der Waals surface area contributed by atoms with Crippen LogP contribution >= 0.6 is 63.7 Å². The summed E-state index contributed by atoms with van der Waals surface area (Å²) in [6.07, 6.45) is 0. The van der Waals surface area contributed by atoms with Crippen LogP contribution in [-0.2, 0) is 56.8 Å². The molecule has 552 valence electrons. The van der Waals surface area contributed by atoms with Crippen LogP contribution < -0.4 is 5.46 Å². The van der Waals surface area contributed by atoms with Crippen LogP contribution in [0.1, 0.15) is 159 Å². The fraction of sp³-hybridized carbons (Fsp3) is 0.265. The van der Waals surface area contributed by atoms with Gasteiger partial charge < -0.3 is 9.31 Å². The summed E-state index contributed by atoms with van der Waals surface area (Å²) in [5.41, 5.74) is 23.5. The van der Waals surface area contributed by atoms with Gasteiger partial charge in [0, 0.05) is 38.3 Å². The minimum atomic E-state index is -0.277. The third kappa shape index (κ3) is 25.9. The van der Waals surface area contributed by atoms with E-state index >= 15 is 0 Å². The summed E-state index contributed by atoms with van der Waals surface area (Å²) in [6, 6.07) is 107. The average Bonchev–Trinajstić information content (AvgIpc) is 1.61. The molecular weight excluding hydrogens is 1650 g/mol. The van der Waals surface area contributed by atoms with E-state index < -0.39 is 0 Å². The minimum Gasteiger partial charge on any atom is -0.399 e. The second kappa shape index (κ2) is 38.0. The van der Waals surface area contributed by atoms with Gasteiger partial charge in [-0.1, -0.05) is 422 Å². The number of halogens is 4. The van der Waals surface area contributed by atoms with Crippen LogP contribution in [-0.4, -0.2) is 18.3 Å².